The van der Waals surface area contributed by atoms with E-state index in [0.29, 0.717) is 0 Å². The Morgan fingerprint density at radius 2 is 1.80 bits per heavy atom. The van der Waals surface area contributed by atoms with Crippen LogP contribution in [0.5, 0.6) is 0 Å². The van der Waals surface area contributed by atoms with Crippen molar-refractivity contribution in [3.63, 3.8) is 0 Å². The largest absolute Gasteiger partial charge is 0.300 e. The molecule has 0 saturated carbocycles. The fraction of sp³-hybridized carbons (Fsp3) is 1.00. The molecule has 0 aliphatic carbocycles. The van der Waals surface area contributed by atoms with Gasteiger partial charge in [-0.2, -0.15) is 0 Å². The highest BCUT2D eigenvalue weighted by atomic mass is 79.9. The number of nitrogens with zero attached hydrogens (tertiary/aromatic N) is 1. The Hall–Kier alpha value is 0.440. The molecule has 0 spiro atoms. The van der Waals surface area contributed by atoms with Crippen LogP contribution in [0.2, 0.25) is 0 Å². The van der Waals surface area contributed by atoms with Crippen molar-refractivity contribution < 1.29 is 0 Å². The first-order valence-corrected chi connectivity index (χ1v) is 7.61. The van der Waals surface area contributed by atoms with Crippen LogP contribution in [0.3, 0.4) is 0 Å². The van der Waals surface area contributed by atoms with Crippen molar-refractivity contribution in [1.82, 2.24) is 4.90 Å². The lowest BCUT2D eigenvalue weighted by Gasteiger charge is -2.31. The number of hydrogen-bond acceptors (Lipinski definition) is 1. The van der Waals surface area contributed by atoms with Crippen LogP contribution in [0.15, 0.2) is 0 Å². The van der Waals surface area contributed by atoms with Gasteiger partial charge in [0, 0.05) is 17.9 Å². The third kappa shape index (κ3) is 6.57. The Morgan fingerprint density at radius 1 is 1.13 bits per heavy atom. The summed E-state index contributed by atoms with van der Waals surface area (Å²) in [6, 6.07) is 0.740. The predicted molar refractivity (Wildman–Crippen MR) is 73.8 cm³/mol. The number of hydrogen-bond donors (Lipinski definition) is 0. The smallest absolute Gasteiger partial charge is 0.00717 e. The van der Waals surface area contributed by atoms with Crippen molar-refractivity contribution in [1.29, 1.82) is 0 Å². The van der Waals surface area contributed by atoms with Gasteiger partial charge in [-0.3, -0.25) is 0 Å². The lowest BCUT2D eigenvalue weighted by Crippen LogP contribution is -2.37. The summed E-state index contributed by atoms with van der Waals surface area (Å²) in [6.45, 7) is 11.7. The van der Waals surface area contributed by atoms with E-state index < -0.39 is 0 Å². The van der Waals surface area contributed by atoms with Gasteiger partial charge in [-0.15, -0.1) is 0 Å². The zero-order valence-corrected chi connectivity index (χ0v) is 12.5. The molecule has 0 aromatic carbocycles. The highest BCUT2D eigenvalue weighted by Gasteiger charge is 2.15. The minimum Gasteiger partial charge on any atom is -0.300 e. The Morgan fingerprint density at radius 3 is 2.20 bits per heavy atom. The molecular formula is C13H28BrN. The summed E-state index contributed by atoms with van der Waals surface area (Å²) in [5.74, 6) is 0.816. The van der Waals surface area contributed by atoms with Gasteiger partial charge in [-0.05, 0) is 32.2 Å². The first-order valence-electron chi connectivity index (χ1n) is 6.49. The van der Waals surface area contributed by atoms with Crippen LogP contribution in [0.1, 0.15) is 53.4 Å². The van der Waals surface area contributed by atoms with E-state index in [4.69, 9.17) is 0 Å². The average Bonchev–Trinajstić information content (AvgIpc) is 2.28. The number of rotatable bonds is 9. The molecule has 92 valence electrons. The van der Waals surface area contributed by atoms with Gasteiger partial charge >= 0.3 is 0 Å². The quantitative estimate of drug-likeness (QED) is 0.568. The number of alkyl halides is 1. The minimum absolute atomic E-state index is 0.740. The first-order chi connectivity index (χ1) is 7.19. The van der Waals surface area contributed by atoms with Crippen molar-refractivity contribution in [3.8, 4) is 0 Å². The van der Waals surface area contributed by atoms with E-state index in [1.54, 1.807) is 0 Å². The normalized spacial score (nSPS) is 15.6. The van der Waals surface area contributed by atoms with Crippen LogP contribution in [-0.2, 0) is 0 Å². The standard InChI is InChI=1S/C13H28BrN/c1-5-8-9-15(12(4)6-2)11-13(7-3)10-14/h12-13H,5-11H2,1-4H3. The van der Waals surface area contributed by atoms with Gasteiger partial charge in [-0.25, -0.2) is 0 Å². The Bertz CT molecular complexity index is 134. The van der Waals surface area contributed by atoms with E-state index >= 15 is 0 Å². The molecule has 0 amide bonds. The molecule has 0 heterocycles. The SMILES string of the molecule is CCCCN(CC(CC)CBr)C(C)CC. The van der Waals surface area contributed by atoms with Crippen molar-refractivity contribution in [2.24, 2.45) is 5.92 Å². The van der Waals surface area contributed by atoms with Gasteiger partial charge in [0.05, 0.1) is 0 Å². The fourth-order valence-electron chi connectivity index (χ4n) is 1.73. The third-order valence-corrected chi connectivity index (χ3v) is 4.22. The van der Waals surface area contributed by atoms with Gasteiger partial charge in [0.1, 0.15) is 0 Å². The van der Waals surface area contributed by atoms with Crippen LogP contribution in [0, 0.1) is 5.92 Å². The van der Waals surface area contributed by atoms with E-state index in [0.717, 1.165) is 17.3 Å². The fourth-order valence-corrected chi connectivity index (χ4v) is 2.39. The van der Waals surface area contributed by atoms with Gasteiger partial charge in [0.15, 0.2) is 0 Å². The molecule has 0 aromatic rings. The lowest BCUT2D eigenvalue weighted by atomic mass is 10.1. The number of unbranched alkanes of at least 4 members (excludes halogenated alkanes) is 1. The average molecular weight is 278 g/mol. The summed E-state index contributed by atoms with van der Waals surface area (Å²) < 4.78 is 0. The molecule has 0 N–H and O–H groups in total. The van der Waals surface area contributed by atoms with E-state index in [9.17, 15) is 0 Å². The zero-order chi connectivity index (χ0) is 11.7. The summed E-state index contributed by atoms with van der Waals surface area (Å²) in [7, 11) is 0. The lowest BCUT2D eigenvalue weighted by molar-refractivity contribution is 0.175. The first kappa shape index (κ1) is 15.4. The molecule has 0 aliphatic heterocycles. The Balaban J connectivity index is 4.09. The molecule has 0 aliphatic rings. The Kier molecular flexibility index (Phi) is 9.93. The molecule has 0 fully saturated rings. The summed E-state index contributed by atoms with van der Waals surface area (Å²) in [6.07, 6.45) is 5.19. The van der Waals surface area contributed by atoms with E-state index in [-0.39, 0.29) is 0 Å². The zero-order valence-electron chi connectivity index (χ0n) is 10.9. The second kappa shape index (κ2) is 9.65. The number of halogens is 1. The van der Waals surface area contributed by atoms with Crippen molar-refractivity contribution in [2.75, 3.05) is 18.4 Å². The maximum atomic E-state index is 3.62. The van der Waals surface area contributed by atoms with Crippen LogP contribution >= 0.6 is 15.9 Å². The third-order valence-electron chi connectivity index (χ3n) is 3.30. The highest BCUT2D eigenvalue weighted by molar-refractivity contribution is 9.09. The minimum atomic E-state index is 0.740. The van der Waals surface area contributed by atoms with Crippen LogP contribution in [0.4, 0.5) is 0 Å². The summed E-state index contributed by atoms with van der Waals surface area (Å²) in [5, 5.41) is 1.14. The summed E-state index contributed by atoms with van der Waals surface area (Å²) in [4.78, 5) is 2.67. The second-order valence-electron chi connectivity index (χ2n) is 4.53. The highest BCUT2D eigenvalue weighted by Crippen LogP contribution is 2.13. The Labute approximate surface area is 105 Å². The molecule has 1 nitrogen and oxygen atoms in total. The van der Waals surface area contributed by atoms with Gasteiger partial charge in [-0.1, -0.05) is 49.5 Å². The second-order valence-corrected chi connectivity index (χ2v) is 5.18. The van der Waals surface area contributed by atoms with Crippen LogP contribution < -0.4 is 0 Å². The maximum absolute atomic E-state index is 3.62. The molecule has 0 saturated heterocycles. The van der Waals surface area contributed by atoms with Crippen molar-refractivity contribution in [3.05, 3.63) is 0 Å². The monoisotopic (exact) mass is 277 g/mol. The van der Waals surface area contributed by atoms with Gasteiger partial charge in [0.2, 0.25) is 0 Å². The van der Waals surface area contributed by atoms with Crippen LogP contribution in [0.25, 0.3) is 0 Å². The van der Waals surface area contributed by atoms with E-state index in [1.165, 1.54) is 38.8 Å². The molecule has 2 atom stereocenters. The van der Waals surface area contributed by atoms with Gasteiger partial charge < -0.3 is 4.90 Å². The molecule has 2 heteroatoms. The molecule has 0 aromatic heterocycles. The van der Waals surface area contributed by atoms with Gasteiger partial charge in [0.25, 0.3) is 0 Å². The molecule has 0 rings (SSSR count). The molecule has 2 unspecified atom stereocenters. The predicted octanol–water partition coefficient (Wildman–Crippen LogP) is 4.31. The van der Waals surface area contributed by atoms with Crippen molar-refractivity contribution >= 4 is 15.9 Å². The molecular weight excluding hydrogens is 250 g/mol. The van der Waals surface area contributed by atoms with Crippen LogP contribution in [-0.4, -0.2) is 29.4 Å². The molecule has 15 heavy (non-hydrogen) atoms. The van der Waals surface area contributed by atoms with Crippen molar-refractivity contribution in [2.45, 2.75) is 59.4 Å². The van der Waals surface area contributed by atoms with E-state index in [2.05, 4.69) is 48.5 Å². The summed E-state index contributed by atoms with van der Waals surface area (Å²) >= 11 is 3.62. The topological polar surface area (TPSA) is 3.24 Å². The summed E-state index contributed by atoms with van der Waals surface area (Å²) in [5.41, 5.74) is 0. The molecule has 0 bridgehead atoms. The maximum Gasteiger partial charge on any atom is 0.00717 e. The van der Waals surface area contributed by atoms with E-state index in [1.807, 2.05) is 0 Å². The molecule has 0 radical (unpaired) electrons.